The van der Waals surface area contributed by atoms with Crippen molar-refractivity contribution in [3.63, 3.8) is 0 Å². The van der Waals surface area contributed by atoms with Gasteiger partial charge in [0.1, 0.15) is 12.3 Å². The molecule has 1 amide bonds. The minimum Gasteiger partial charge on any atom is -0.550 e. The standard InChI is InChI=1S/C16H18N2O5/c19-13(8-18-5-3-10(4-6-18)16(21)22)11-1-2-14-12(7-11)17-15(20)9-23-14/h1-2,7,10H,3-6,8-9H2,(H,17,20)(H,21,22). The predicted octanol–water partition coefficient (Wildman–Crippen LogP) is -1.75. The number of likely N-dealkylation sites (tertiary alicyclic amines) is 1. The summed E-state index contributed by atoms with van der Waals surface area (Å²) in [5.41, 5.74) is 1.03. The van der Waals surface area contributed by atoms with Crippen molar-refractivity contribution in [3.8, 4) is 5.75 Å². The second-order valence-electron chi connectivity index (χ2n) is 5.99. The van der Waals surface area contributed by atoms with Crippen LogP contribution in [-0.2, 0) is 9.59 Å². The Kier molecular flexibility index (Phi) is 4.29. The minimum absolute atomic E-state index is 0.0161. The van der Waals surface area contributed by atoms with Crippen molar-refractivity contribution in [2.75, 3.05) is 31.6 Å². The molecule has 1 saturated heterocycles. The Balaban J connectivity index is 1.62. The molecule has 0 aliphatic carbocycles. The first kappa shape index (κ1) is 15.5. The largest absolute Gasteiger partial charge is 0.550 e. The molecule has 3 rings (SSSR count). The average Bonchev–Trinajstić information content (AvgIpc) is 2.54. The molecule has 1 fully saturated rings. The number of hydrogen-bond acceptors (Lipinski definition) is 5. The first-order valence-corrected chi connectivity index (χ1v) is 7.67. The Bertz CT molecular complexity index is 650. The van der Waals surface area contributed by atoms with E-state index in [0.29, 0.717) is 49.5 Å². The lowest BCUT2D eigenvalue weighted by atomic mass is 9.96. The molecule has 0 saturated carbocycles. The number of aliphatic carboxylic acids is 1. The highest BCUT2D eigenvalue weighted by atomic mass is 16.5. The second kappa shape index (κ2) is 6.37. The molecule has 0 radical (unpaired) electrons. The summed E-state index contributed by atoms with van der Waals surface area (Å²) < 4.78 is 5.26. The van der Waals surface area contributed by atoms with E-state index in [1.165, 1.54) is 0 Å². The molecule has 0 spiro atoms. The fraction of sp³-hybridized carbons (Fsp3) is 0.438. The van der Waals surface area contributed by atoms with Gasteiger partial charge in [-0.05, 0) is 18.2 Å². The second-order valence-corrected chi connectivity index (χ2v) is 5.99. The molecule has 0 bridgehead atoms. The fourth-order valence-electron chi connectivity index (χ4n) is 3.02. The van der Waals surface area contributed by atoms with Crippen molar-refractivity contribution < 1.29 is 29.1 Å². The van der Waals surface area contributed by atoms with E-state index in [1.54, 1.807) is 18.2 Å². The lowest BCUT2D eigenvalue weighted by molar-refractivity contribution is -0.897. The molecular weight excluding hydrogens is 300 g/mol. The van der Waals surface area contributed by atoms with Crippen molar-refractivity contribution in [2.24, 2.45) is 5.92 Å². The number of ketones is 1. The first-order valence-electron chi connectivity index (χ1n) is 7.67. The maximum atomic E-state index is 12.4. The summed E-state index contributed by atoms with van der Waals surface area (Å²) in [4.78, 5) is 35.6. The van der Waals surface area contributed by atoms with Gasteiger partial charge in [0.25, 0.3) is 5.91 Å². The summed E-state index contributed by atoms with van der Waals surface area (Å²) in [5, 5.41) is 13.5. The molecule has 122 valence electrons. The van der Waals surface area contributed by atoms with Crippen LogP contribution in [0.5, 0.6) is 5.75 Å². The van der Waals surface area contributed by atoms with Crippen LogP contribution in [0.3, 0.4) is 0 Å². The topological polar surface area (TPSA) is 100.0 Å². The third-order valence-corrected chi connectivity index (χ3v) is 4.37. The van der Waals surface area contributed by atoms with Crippen LogP contribution in [0.25, 0.3) is 0 Å². The summed E-state index contributed by atoms with van der Waals surface area (Å²) >= 11 is 0. The zero-order valence-electron chi connectivity index (χ0n) is 12.6. The zero-order chi connectivity index (χ0) is 16.4. The van der Waals surface area contributed by atoms with E-state index in [4.69, 9.17) is 4.74 Å². The molecule has 0 aromatic heterocycles. The summed E-state index contributed by atoms with van der Waals surface area (Å²) in [6.45, 7) is 1.59. The van der Waals surface area contributed by atoms with E-state index in [0.717, 1.165) is 4.90 Å². The Labute approximate surface area is 133 Å². The number of benzene rings is 1. The van der Waals surface area contributed by atoms with Crippen molar-refractivity contribution >= 4 is 23.3 Å². The van der Waals surface area contributed by atoms with Crippen LogP contribution < -0.4 is 20.1 Å². The highest BCUT2D eigenvalue weighted by Crippen LogP contribution is 2.28. The monoisotopic (exact) mass is 318 g/mol. The van der Waals surface area contributed by atoms with Gasteiger partial charge in [0, 0.05) is 30.3 Å². The smallest absolute Gasteiger partial charge is 0.262 e. The van der Waals surface area contributed by atoms with E-state index in [9.17, 15) is 19.5 Å². The zero-order valence-corrected chi connectivity index (χ0v) is 12.6. The van der Waals surface area contributed by atoms with Crippen LogP contribution in [-0.4, -0.2) is 43.9 Å². The fourth-order valence-corrected chi connectivity index (χ4v) is 3.02. The number of nitrogens with one attached hydrogen (secondary N) is 2. The molecule has 0 unspecified atom stereocenters. The van der Waals surface area contributed by atoms with Gasteiger partial charge >= 0.3 is 0 Å². The normalized spacial score (nSPS) is 23.4. The summed E-state index contributed by atoms with van der Waals surface area (Å²) in [6.07, 6.45) is 1.08. The number of piperidine rings is 1. The van der Waals surface area contributed by atoms with Crippen molar-refractivity contribution in [1.29, 1.82) is 0 Å². The van der Waals surface area contributed by atoms with Crippen LogP contribution in [0.15, 0.2) is 18.2 Å². The van der Waals surface area contributed by atoms with Crippen molar-refractivity contribution in [1.82, 2.24) is 0 Å². The number of carbonyl (C=O) groups excluding carboxylic acids is 3. The lowest BCUT2D eigenvalue weighted by Crippen LogP contribution is -3.14. The van der Waals surface area contributed by atoms with Crippen LogP contribution >= 0.6 is 0 Å². The van der Waals surface area contributed by atoms with Gasteiger partial charge in [-0.2, -0.15) is 0 Å². The van der Waals surface area contributed by atoms with Crippen molar-refractivity contribution in [2.45, 2.75) is 12.8 Å². The van der Waals surface area contributed by atoms with Crippen molar-refractivity contribution in [3.05, 3.63) is 23.8 Å². The van der Waals surface area contributed by atoms with Crippen LogP contribution in [0.1, 0.15) is 23.2 Å². The number of anilines is 1. The lowest BCUT2D eigenvalue weighted by Gasteiger charge is -2.29. The molecule has 2 N–H and O–H groups in total. The minimum atomic E-state index is -0.999. The van der Waals surface area contributed by atoms with Gasteiger partial charge in [-0.1, -0.05) is 0 Å². The number of amides is 1. The number of Topliss-reactive ketones (excluding diaryl/α,β-unsaturated/α-hetero) is 1. The SMILES string of the molecule is O=C1COc2ccc(C(=O)C[NH+]3CCC(C(=O)[O-])CC3)cc2N1. The number of hydrogen-bond donors (Lipinski definition) is 2. The van der Waals surface area contributed by atoms with Gasteiger partial charge in [-0.15, -0.1) is 0 Å². The predicted molar refractivity (Wildman–Crippen MR) is 78.2 cm³/mol. The Morgan fingerprint density at radius 1 is 1.30 bits per heavy atom. The molecule has 2 aliphatic rings. The highest BCUT2D eigenvalue weighted by Gasteiger charge is 2.25. The Morgan fingerprint density at radius 3 is 2.74 bits per heavy atom. The van der Waals surface area contributed by atoms with E-state index in [-0.39, 0.29) is 18.3 Å². The maximum Gasteiger partial charge on any atom is 0.262 e. The molecule has 7 heteroatoms. The molecule has 1 aromatic carbocycles. The van der Waals surface area contributed by atoms with Gasteiger partial charge in [-0.3, -0.25) is 9.59 Å². The first-order chi connectivity index (χ1) is 11.0. The molecule has 7 nitrogen and oxygen atoms in total. The van der Waals surface area contributed by atoms with Crippen LogP contribution in [0.2, 0.25) is 0 Å². The van der Waals surface area contributed by atoms with Gasteiger partial charge in [0.15, 0.2) is 6.61 Å². The quantitative estimate of drug-likeness (QED) is 0.641. The van der Waals surface area contributed by atoms with E-state index in [1.807, 2.05) is 0 Å². The maximum absolute atomic E-state index is 12.4. The number of carbonyl (C=O) groups is 3. The molecule has 23 heavy (non-hydrogen) atoms. The number of carboxylic acid groups (broad SMARTS) is 1. The number of rotatable bonds is 4. The van der Waals surface area contributed by atoms with E-state index < -0.39 is 11.9 Å². The summed E-state index contributed by atoms with van der Waals surface area (Å²) in [5.74, 6) is -1.11. The highest BCUT2D eigenvalue weighted by molar-refractivity contribution is 6.01. The number of quaternary nitrogens is 1. The Hall–Kier alpha value is -2.41. The van der Waals surface area contributed by atoms with Gasteiger partial charge < -0.3 is 24.9 Å². The molecule has 2 heterocycles. The van der Waals surface area contributed by atoms with Gasteiger partial charge in [-0.25, -0.2) is 0 Å². The molecule has 1 aromatic rings. The third-order valence-electron chi connectivity index (χ3n) is 4.37. The van der Waals surface area contributed by atoms with Crippen LogP contribution in [0.4, 0.5) is 5.69 Å². The van der Waals surface area contributed by atoms with Crippen LogP contribution in [0, 0.1) is 5.92 Å². The summed E-state index contributed by atoms with van der Waals surface area (Å²) in [7, 11) is 0. The molecule has 2 aliphatic heterocycles. The average molecular weight is 318 g/mol. The summed E-state index contributed by atoms with van der Waals surface area (Å²) in [6, 6.07) is 4.99. The molecular formula is C16H18N2O5. The number of ether oxygens (including phenoxy) is 1. The van der Waals surface area contributed by atoms with Gasteiger partial charge in [0.05, 0.1) is 18.8 Å². The Morgan fingerprint density at radius 2 is 2.04 bits per heavy atom. The number of carboxylic acids is 1. The van der Waals surface area contributed by atoms with E-state index in [2.05, 4.69) is 5.32 Å². The van der Waals surface area contributed by atoms with E-state index >= 15 is 0 Å². The molecule has 0 atom stereocenters. The van der Waals surface area contributed by atoms with Gasteiger partial charge in [0.2, 0.25) is 5.78 Å². The number of fused-ring (bicyclic) bond motifs is 1. The third kappa shape index (κ3) is 3.50.